The molecule has 0 aromatic heterocycles. The van der Waals surface area contributed by atoms with Gasteiger partial charge in [-0.05, 0) is 39.2 Å². The molecule has 21 heavy (non-hydrogen) atoms. The summed E-state index contributed by atoms with van der Waals surface area (Å²) in [4.78, 5) is 0. The molecule has 0 spiro atoms. The first-order chi connectivity index (χ1) is 10.2. The number of unbranched alkanes of at least 4 members (excludes halogenated alkanes) is 7. The van der Waals surface area contributed by atoms with Crippen LogP contribution in [-0.4, -0.2) is 25.8 Å². The van der Waals surface area contributed by atoms with Gasteiger partial charge in [-0.25, -0.2) is 0 Å². The first-order valence-electron chi connectivity index (χ1n) is 9.50. The van der Waals surface area contributed by atoms with Crippen molar-refractivity contribution >= 4 is 0 Å². The van der Waals surface area contributed by atoms with Crippen LogP contribution in [0.4, 0.5) is 0 Å². The molecule has 0 aliphatic heterocycles. The summed E-state index contributed by atoms with van der Waals surface area (Å²) in [5.74, 6) is 0. The molecule has 2 nitrogen and oxygen atoms in total. The second-order valence-electron chi connectivity index (χ2n) is 6.54. The van der Waals surface area contributed by atoms with Crippen molar-refractivity contribution in [1.82, 2.24) is 5.32 Å². The van der Waals surface area contributed by atoms with E-state index in [1.165, 1.54) is 77.0 Å². The number of ether oxygens (including phenoxy) is 1. The second kappa shape index (κ2) is 16.3. The molecule has 0 aromatic carbocycles. The highest BCUT2D eigenvalue weighted by Crippen LogP contribution is 2.14. The lowest BCUT2D eigenvalue weighted by Crippen LogP contribution is -2.30. The van der Waals surface area contributed by atoms with Crippen LogP contribution in [0.3, 0.4) is 0 Å². The fourth-order valence-corrected chi connectivity index (χ4v) is 2.78. The van der Waals surface area contributed by atoms with Gasteiger partial charge in [-0.1, -0.05) is 65.2 Å². The number of rotatable bonds is 16. The van der Waals surface area contributed by atoms with E-state index in [0.717, 1.165) is 6.54 Å². The Bertz CT molecular complexity index is 196. The third-order valence-corrected chi connectivity index (χ3v) is 4.41. The van der Waals surface area contributed by atoms with Gasteiger partial charge in [0, 0.05) is 13.2 Å². The standard InChI is InChI=1S/C19H41NO/c1-5-7-8-9-10-11-12-13-14-19(20-17-6-2)16-15-18(3)21-4/h18-20H,5-17H2,1-4H3. The SMILES string of the molecule is CCCCCCCCCCC(CCC(C)OC)NCCC. The van der Waals surface area contributed by atoms with Crippen molar-refractivity contribution in [3.05, 3.63) is 0 Å². The molecule has 1 N–H and O–H groups in total. The van der Waals surface area contributed by atoms with Crippen molar-refractivity contribution in [2.75, 3.05) is 13.7 Å². The molecule has 0 saturated heterocycles. The predicted octanol–water partition coefficient (Wildman–Crippen LogP) is 5.70. The van der Waals surface area contributed by atoms with Gasteiger partial charge in [-0.2, -0.15) is 0 Å². The van der Waals surface area contributed by atoms with E-state index >= 15 is 0 Å². The molecule has 0 radical (unpaired) electrons. The summed E-state index contributed by atoms with van der Waals surface area (Å²) in [5.41, 5.74) is 0. The van der Waals surface area contributed by atoms with Gasteiger partial charge in [-0.15, -0.1) is 0 Å². The van der Waals surface area contributed by atoms with Crippen LogP contribution in [0.15, 0.2) is 0 Å². The van der Waals surface area contributed by atoms with Gasteiger partial charge in [-0.3, -0.25) is 0 Å². The van der Waals surface area contributed by atoms with Crippen LogP contribution in [0.5, 0.6) is 0 Å². The molecule has 128 valence electrons. The van der Waals surface area contributed by atoms with Crippen molar-refractivity contribution < 1.29 is 4.74 Å². The van der Waals surface area contributed by atoms with Crippen LogP contribution in [-0.2, 0) is 4.74 Å². The Morgan fingerprint density at radius 1 is 0.762 bits per heavy atom. The lowest BCUT2D eigenvalue weighted by molar-refractivity contribution is 0.105. The minimum Gasteiger partial charge on any atom is -0.382 e. The van der Waals surface area contributed by atoms with Crippen LogP contribution >= 0.6 is 0 Å². The predicted molar refractivity (Wildman–Crippen MR) is 95.0 cm³/mol. The minimum absolute atomic E-state index is 0.398. The first-order valence-corrected chi connectivity index (χ1v) is 9.50. The van der Waals surface area contributed by atoms with Gasteiger partial charge in [0.1, 0.15) is 0 Å². The molecule has 0 amide bonds. The molecule has 2 atom stereocenters. The zero-order chi connectivity index (χ0) is 15.8. The summed E-state index contributed by atoms with van der Waals surface area (Å²) in [6, 6.07) is 0.697. The van der Waals surface area contributed by atoms with Crippen LogP contribution in [0, 0.1) is 0 Å². The van der Waals surface area contributed by atoms with Crippen molar-refractivity contribution in [1.29, 1.82) is 0 Å². The zero-order valence-corrected chi connectivity index (χ0v) is 15.3. The Morgan fingerprint density at radius 2 is 1.38 bits per heavy atom. The van der Waals surface area contributed by atoms with Gasteiger partial charge in [0.25, 0.3) is 0 Å². The minimum atomic E-state index is 0.398. The van der Waals surface area contributed by atoms with Crippen molar-refractivity contribution in [3.63, 3.8) is 0 Å². The van der Waals surface area contributed by atoms with Gasteiger partial charge in [0.05, 0.1) is 6.10 Å². The molecule has 2 heteroatoms. The highest BCUT2D eigenvalue weighted by Gasteiger charge is 2.09. The summed E-state index contributed by atoms with van der Waals surface area (Å²) in [5, 5.41) is 3.71. The van der Waals surface area contributed by atoms with Gasteiger partial charge in [0.2, 0.25) is 0 Å². The fraction of sp³-hybridized carbons (Fsp3) is 1.00. The Balaban J connectivity index is 3.60. The van der Waals surface area contributed by atoms with Crippen LogP contribution in [0.25, 0.3) is 0 Å². The number of nitrogens with one attached hydrogen (secondary N) is 1. The largest absolute Gasteiger partial charge is 0.382 e. The van der Waals surface area contributed by atoms with Gasteiger partial charge < -0.3 is 10.1 Å². The third kappa shape index (κ3) is 14.6. The third-order valence-electron chi connectivity index (χ3n) is 4.41. The van der Waals surface area contributed by atoms with E-state index in [1.54, 1.807) is 0 Å². The molecule has 0 rings (SSSR count). The van der Waals surface area contributed by atoms with Crippen molar-refractivity contribution in [2.24, 2.45) is 0 Å². The topological polar surface area (TPSA) is 21.3 Å². The summed E-state index contributed by atoms with van der Waals surface area (Å²) in [6.07, 6.45) is 16.7. The van der Waals surface area contributed by atoms with E-state index in [-0.39, 0.29) is 0 Å². The van der Waals surface area contributed by atoms with Crippen molar-refractivity contribution in [2.45, 2.75) is 110 Å². The summed E-state index contributed by atoms with van der Waals surface area (Å²) >= 11 is 0. The second-order valence-corrected chi connectivity index (χ2v) is 6.54. The lowest BCUT2D eigenvalue weighted by Gasteiger charge is -2.20. The monoisotopic (exact) mass is 299 g/mol. The number of methoxy groups -OCH3 is 1. The highest BCUT2D eigenvalue weighted by molar-refractivity contribution is 4.68. The van der Waals surface area contributed by atoms with E-state index in [0.29, 0.717) is 12.1 Å². The molecular weight excluding hydrogens is 258 g/mol. The van der Waals surface area contributed by atoms with Crippen LogP contribution in [0.1, 0.15) is 97.8 Å². The van der Waals surface area contributed by atoms with E-state index < -0.39 is 0 Å². The van der Waals surface area contributed by atoms with E-state index in [9.17, 15) is 0 Å². The summed E-state index contributed by atoms with van der Waals surface area (Å²) in [7, 11) is 1.82. The highest BCUT2D eigenvalue weighted by atomic mass is 16.5. The molecule has 2 unspecified atom stereocenters. The van der Waals surface area contributed by atoms with E-state index in [4.69, 9.17) is 4.74 Å². The smallest absolute Gasteiger partial charge is 0.0543 e. The molecule has 0 bridgehead atoms. The number of hydrogen-bond donors (Lipinski definition) is 1. The van der Waals surface area contributed by atoms with Crippen molar-refractivity contribution in [3.8, 4) is 0 Å². The molecule has 0 aliphatic carbocycles. The number of hydrogen-bond acceptors (Lipinski definition) is 2. The molecule has 0 fully saturated rings. The maximum absolute atomic E-state index is 5.37. The first kappa shape index (κ1) is 20.9. The Hall–Kier alpha value is -0.0800. The fourth-order valence-electron chi connectivity index (χ4n) is 2.78. The van der Waals surface area contributed by atoms with E-state index in [1.807, 2.05) is 7.11 Å². The zero-order valence-electron chi connectivity index (χ0n) is 15.3. The molecular formula is C19H41NO. The lowest BCUT2D eigenvalue weighted by atomic mass is 10.0. The molecule has 0 heterocycles. The maximum atomic E-state index is 5.37. The normalized spacial score (nSPS) is 14.3. The van der Waals surface area contributed by atoms with Gasteiger partial charge in [0.15, 0.2) is 0 Å². The molecule has 0 saturated carbocycles. The Kier molecular flexibility index (Phi) is 16.2. The summed E-state index contributed by atoms with van der Waals surface area (Å²) in [6.45, 7) is 7.86. The van der Waals surface area contributed by atoms with Gasteiger partial charge >= 0.3 is 0 Å². The Morgan fingerprint density at radius 3 is 1.95 bits per heavy atom. The van der Waals surface area contributed by atoms with Crippen LogP contribution < -0.4 is 5.32 Å². The molecule has 0 aromatic rings. The summed E-state index contributed by atoms with van der Waals surface area (Å²) < 4.78 is 5.37. The van der Waals surface area contributed by atoms with E-state index in [2.05, 4.69) is 26.1 Å². The quantitative estimate of drug-likeness (QED) is 0.369. The molecule has 0 aliphatic rings. The average Bonchev–Trinajstić information content (AvgIpc) is 2.51. The maximum Gasteiger partial charge on any atom is 0.0543 e. The van der Waals surface area contributed by atoms with Crippen LogP contribution in [0.2, 0.25) is 0 Å². The average molecular weight is 300 g/mol. The Labute approximate surface area is 134 Å².